The van der Waals surface area contributed by atoms with Gasteiger partial charge in [0.1, 0.15) is 5.92 Å². The normalized spacial score (nSPS) is 11.2. The molecule has 0 unspecified atom stereocenters. The molecule has 0 bridgehead atoms. The number of urea groups is 1. The van der Waals surface area contributed by atoms with Crippen LogP contribution in [0.15, 0.2) is 35.6 Å². The van der Waals surface area contributed by atoms with Crippen LogP contribution in [0.2, 0.25) is 0 Å². The van der Waals surface area contributed by atoms with Gasteiger partial charge in [-0.25, -0.2) is 4.79 Å². The van der Waals surface area contributed by atoms with Gasteiger partial charge in [-0.3, -0.25) is 14.9 Å². The second-order valence-corrected chi connectivity index (χ2v) is 3.98. The molecule has 0 aliphatic carbocycles. The van der Waals surface area contributed by atoms with Crippen molar-refractivity contribution in [3.63, 3.8) is 0 Å². The van der Waals surface area contributed by atoms with Crippen molar-refractivity contribution in [3.05, 3.63) is 40.8 Å². The van der Waals surface area contributed by atoms with Crippen molar-refractivity contribution in [2.45, 2.75) is 13.5 Å². The molecule has 20 heavy (non-hydrogen) atoms. The van der Waals surface area contributed by atoms with Crippen LogP contribution < -0.4 is 5.32 Å². The Labute approximate surface area is 114 Å². The van der Waals surface area contributed by atoms with Crippen LogP contribution in [0.4, 0.5) is 4.79 Å². The van der Waals surface area contributed by atoms with Crippen LogP contribution in [-0.4, -0.2) is 28.0 Å². The minimum absolute atomic E-state index is 0.120. The van der Waals surface area contributed by atoms with E-state index >= 15 is 0 Å². The Kier molecular flexibility index (Phi) is 5.33. The summed E-state index contributed by atoms with van der Waals surface area (Å²) in [5.74, 6) is -3.78. The highest BCUT2D eigenvalue weighted by Gasteiger charge is 2.25. The van der Waals surface area contributed by atoms with Crippen LogP contribution in [0.1, 0.15) is 12.5 Å². The molecule has 1 aromatic carbocycles. The van der Waals surface area contributed by atoms with Gasteiger partial charge in [-0.15, -0.1) is 4.91 Å². The number of rotatable bonds is 5. The van der Waals surface area contributed by atoms with Crippen molar-refractivity contribution < 1.29 is 19.5 Å². The van der Waals surface area contributed by atoms with Crippen molar-refractivity contribution in [3.8, 4) is 0 Å². The van der Waals surface area contributed by atoms with E-state index in [1.165, 1.54) is 0 Å². The smallest absolute Gasteiger partial charge is 0.347 e. The van der Waals surface area contributed by atoms with Gasteiger partial charge >= 0.3 is 12.0 Å². The lowest BCUT2D eigenvalue weighted by atomic mass is 10.2. The van der Waals surface area contributed by atoms with Crippen LogP contribution in [-0.2, 0) is 16.1 Å². The van der Waals surface area contributed by atoms with E-state index in [1.807, 2.05) is 0 Å². The summed E-state index contributed by atoms with van der Waals surface area (Å²) in [7, 11) is 0. The van der Waals surface area contributed by atoms with Gasteiger partial charge in [0.25, 0.3) is 0 Å². The average Bonchev–Trinajstić information content (AvgIpc) is 2.44. The fraction of sp³-hybridized carbons (Fsp3) is 0.250. The molecule has 1 aromatic rings. The number of hydrogen-bond acceptors (Lipinski definition) is 5. The molecule has 2 N–H and O–H groups in total. The number of imide groups is 1. The lowest BCUT2D eigenvalue weighted by molar-refractivity contribution is -0.145. The summed E-state index contributed by atoms with van der Waals surface area (Å²) < 4.78 is 0. The first-order valence-corrected chi connectivity index (χ1v) is 5.68. The van der Waals surface area contributed by atoms with Gasteiger partial charge in [0.05, 0.1) is 11.8 Å². The number of carboxylic acid groups (broad SMARTS) is 1. The Balaban J connectivity index is 2.66. The van der Waals surface area contributed by atoms with Gasteiger partial charge in [0, 0.05) is 0 Å². The number of benzene rings is 1. The quantitative estimate of drug-likeness (QED) is 0.476. The van der Waals surface area contributed by atoms with E-state index in [0.717, 1.165) is 6.92 Å². The molecule has 8 heteroatoms. The van der Waals surface area contributed by atoms with E-state index in [-0.39, 0.29) is 6.54 Å². The van der Waals surface area contributed by atoms with Crippen LogP contribution >= 0.6 is 0 Å². The number of carbonyl (C=O) groups is 3. The highest BCUT2D eigenvalue weighted by molar-refractivity contribution is 6.03. The molecular formula is C12H13N3O5. The van der Waals surface area contributed by atoms with Crippen LogP contribution in [0.25, 0.3) is 0 Å². The standard InChI is InChI=1S/C12H13N3O5/c1-8(11(17)18)10(16)13-12(19)15(14-20)7-9-5-3-2-4-6-9/h2-6,8H,7H2,1H3,(H,17,18)(H,13,16,19)/t8-/m0/s1. The minimum atomic E-state index is -1.40. The summed E-state index contributed by atoms with van der Waals surface area (Å²) in [6.07, 6.45) is 0. The molecule has 106 valence electrons. The third-order valence-corrected chi connectivity index (χ3v) is 2.50. The number of carboxylic acids is 1. The SMILES string of the molecule is C[C@H](C(=O)O)C(=O)NC(=O)N(Cc1ccccc1)N=O. The van der Waals surface area contributed by atoms with Crippen LogP contribution in [0, 0.1) is 10.8 Å². The fourth-order valence-corrected chi connectivity index (χ4v) is 1.28. The summed E-state index contributed by atoms with van der Waals surface area (Å²) >= 11 is 0. The molecule has 0 aliphatic rings. The highest BCUT2D eigenvalue weighted by atomic mass is 16.4. The zero-order chi connectivity index (χ0) is 15.1. The lowest BCUT2D eigenvalue weighted by Crippen LogP contribution is -2.43. The van der Waals surface area contributed by atoms with E-state index in [2.05, 4.69) is 5.29 Å². The van der Waals surface area contributed by atoms with Crippen molar-refractivity contribution in [2.24, 2.45) is 11.2 Å². The molecule has 0 spiro atoms. The zero-order valence-corrected chi connectivity index (χ0v) is 10.6. The Hall–Kier alpha value is -2.77. The first kappa shape index (κ1) is 15.3. The van der Waals surface area contributed by atoms with E-state index in [9.17, 15) is 19.3 Å². The largest absolute Gasteiger partial charge is 0.481 e. The van der Waals surface area contributed by atoms with Crippen LogP contribution in [0.3, 0.4) is 0 Å². The molecule has 0 radical (unpaired) electrons. The third kappa shape index (κ3) is 4.16. The number of aliphatic carboxylic acids is 1. The number of nitroso groups, excluding NO2 is 1. The molecule has 0 aromatic heterocycles. The third-order valence-electron chi connectivity index (χ3n) is 2.50. The van der Waals surface area contributed by atoms with Crippen LogP contribution in [0.5, 0.6) is 0 Å². The van der Waals surface area contributed by atoms with E-state index < -0.39 is 23.8 Å². The second-order valence-electron chi connectivity index (χ2n) is 3.98. The monoisotopic (exact) mass is 279 g/mol. The second kappa shape index (κ2) is 6.98. The van der Waals surface area contributed by atoms with Crippen molar-refractivity contribution in [1.82, 2.24) is 10.3 Å². The van der Waals surface area contributed by atoms with Gasteiger partial charge in [-0.1, -0.05) is 30.3 Å². The number of hydrogen-bond donors (Lipinski definition) is 2. The number of carbonyl (C=O) groups excluding carboxylic acids is 2. The summed E-state index contributed by atoms with van der Waals surface area (Å²) in [6, 6.07) is 7.48. The molecule has 0 aliphatic heterocycles. The Morgan fingerprint density at radius 3 is 2.40 bits per heavy atom. The molecule has 1 atom stereocenters. The number of nitrogens with one attached hydrogen (secondary N) is 1. The maximum absolute atomic E-state index is 11.6. The molecule has 1 rings (SSSR count). The molecule has 0 heterocycles. The number of nitrogens with zero attached hydrogens (tertiary/aromatic N) is 2. The molecule has 8 nitrogen and oxygen atoms in total. The van der Waals surface area contributed by atoms with Gasteiger partial charge in [-0.2, -0.15) is 5.01 Å². The molecule has 0 saturated carbocycles. The van der Waals surface area contributed by atoms with E-state index in [0.29, 0.717) is 10.6 Å². The first-order chi connectivity index (χ1) is 9.45. The Morgan fingerprint density at radius 2 is 1.90 bits per heavy atom. The summed E-state index contributed by atoms with van der Waals surface area (Å²) in [5.41, 5.74) is 0.640. The van der Waals surface area contributed by atoms with Crippen molar-refractivity contribution >= 4 is 17.9 Å². The Morgan fingerprint density at radius 1 is 1.30 bits per heavy atom. The summed E-state index contributed by atoms with van der Waals surface area (Å²) in [4.78, 5) is 44.2. The predicted octanol–water partition coefficient (Wildman–Crippen LogP) is 1.13. The molecular weight excluding hydrogens is 266 g/mol. The minimum Gasteiger partial charge on any atom is -0.481 e. The van der Waals surface area contributed by atoms with Crippen molar-refractivity contribution in [2.75, 3.05) is 0 Å². The predicted molar refractivity (Wildman–Crippen MR) is 68.1 cm³/mol. The molecule has 0 saturated heterocycles. The maximum atomic E-state index is 11.6. The first-order valence-electron chi connectivity index (χ1n) is 5.68. The average molecular weight is 279 g/mol. The van der Waals surface area contributed by atoms with Gasteiger partial charge in [-0.05, 0) is 12.5 Å². The maximum Gasteiger partial charge on any atom is 0.347 e. The zero-order valence-electron chi connectivity index (χ0n) is 10.6. The number of amides is 3. The fourth-order valence-electron chi connectivity index (χ4n) is 1.28. The molecule has 3 amide bonds. The van der Waals surface area contributed by atoms with E-state index in [1.54, 1.807) is 35.6 Å². The Bertz CT molecular complexity index is 517. The summed E-state index contributed by atoms with van der Waals surface area (Å²) in [5, 5.41) is 13.4. The lowest BCUT2D eigenvalue weighted by Gasteiger charge is -2.14. The van der Waals surface area contributed by atoms with Gasteiger partial charge in [0.15, 0.2) is 0 Å². The topological polar surface area (TPSA) is 116 Å². The summed E-state index contributed by atoms with van der Waals surface area (Å²) in [6.45, 7) is 1.01. The molecule has 0 fully saturated rings. The van der Waals surface area contributed by atoms with E-state index in [4.69, 9.17) is 5.11 Å². The highest BCUT2D eigenvalue weighted by Crippen LogP contribution is 2.05. The van der Waals surface area contributed by atoms with Gasteiger partial charge < -0.3 is 5.11 Å². The van der Waals surface area contributed by atoms with Gasteiger partial charge in [0.2, 0.25) is 5.91 Å². The van der Waals surface area contributed by atoms with Crippen molar-refractivity contribution in [1.29, 1.82) is 0 Å².